The van der Waals surface area contributed by atoms with Crippen LogP contribution in [-0.4, -0.2) is 27.6 Å². The highest BCUT2D eigenvalue weighted by molar-refractivity contribution is 5.87. The van der Waals surface area contributed by atoms with E-state index in [4.69, 9.17) is 9.84 Å². The molecule has 1 N–H and O–H groups in total. The molecule has 2 aromatic rings. The first kappa shape index (κ1) is 10.2. The van der Waals surface area contributed by atoms with Gasteiger partial charge in [0.25, 0.3) is 5.56 Å². The first-order valence-corrected chi connectivity index (χ1v) is 4.43. The highest BCUT2D eigenvalue weighted by atomic mass is 16.5. The van der Waals surface area contributed by atoms with Gasteiger partial charge in [-0.25, -0.2) is 14.2 Å². The maximum Gasteiger partial charge on any atom is 0.342 e. The van der Waals surface area contributed by atoms with E-state index in [2.05, 4.69) is 4.98 Å². The van der Waals surface area contributed by atoms with E-state index in [9.17, 15) is 9.59 Å². The number of ether oxygens (including phenoxy) is 1. The summed E-state index contributed by atoms with van der Waals surface area (Å²) in [5.74, 6) is -1.06. The predicted molar refractivity (Wildman–Crippen MR) is 55.0 cm³/mol. The fourth-order valence-corrected chi connectivity index (χ4v) is 1.40. The lowest BCUT2D eigenvalue weighted by molar-refractivity contribution is 0.0694. The molecule has 0 aliphatic heterocycles. The number of hydrogen-bond acceptors (Lipinski definition) is 4. The van der Waals surface area contributed by atoms with Crippen LogP contribution in [0.25, 0.3) is 5.65 Å². The molecule has 0 aliphatic rings. The quantitative estimate of drug-likeness (QED) is 0.792. The molecule has 0 atom stereocenters. The minimum Gasteiger partial charge on any atom is -0.482 e. The van der Waals surface area contributed by atoms with Crippen LogP contribution in [-0.2, 0) is 0 Å². The fraction of sp³-hybridized carbons (Fsp3) is 0.100. The van der Waals surface area contributed by atoms with E-state index in [1.165, 1.54) is 7.11 Å². The summed E-state index contributed by atoms with van der Waals surface area (Å²) in [6.07, 6.45) is 1.04. The van der Waals surface area contributed by atoms with Crippen molar-refractivity contribution in [3.8, 4) is 5.88 Å². The summed E-state index contributed by atoms with van der Waals surface area (Å²) in [6, 6.07) is 4.82. The number of fused-ring (bicyclic) bond motifs is 1. The number of hydrogen-bond donors (Lipinski definition) is 1. The number of nitrogens with zero attached hydrogens (tertiary/aromatic N) is 2. The zero-order valence-corrected chi connectivity index (χ0v) is 8.38. The van der Waals surface area contributed by atoms with Crippen LogP contribution >= 0.6 is 0 Å². The lowest BCUT2D eigenvalue weighted by Gasteiger charge is -2.06. The van der Waals surface area contributed by atoms with Crippen molar-refractivity contribution >= 4 is 11.6 Å². The molecule has 82 valence electrons. The lowest BCUT2D eigenvalue weighted by Crippen LogP contribution is -2.23. The monoisotopic (exact) mass is 220 g/mol. The van der Waals surface area contributed by atoms with Gasteiger partial charge in [-0.05, 0) is 12.1 Å². The molecule has 0 amide bonds. The summed E-state index contributed by atoms with van der Waals surface area (Å²) < 4.78 is 6.09. The van der Waals surface area contributed by atoms with Crippen molar-refractivity contribution in [1.82, 2.24) is 9.38 Å². The van der Waals surface area contributed by atoms with Crippen molar-refractivity contribution < 1.29 is 14.6 Å². The van der Waals surface area contributed by atoms with Crippen molar-refractivity contribution in [3.63, 3.8) is 0 Å². The van der Waals surface area contributed by atoms with E-state index in [0.29, 0.717) is 5.65 Å². The molecule has 0 spiro atoms. The molecule has 2 heterocycles. The SMILES string of the molecule is COc1cccc2ncc(C(=O)O)c(=O)n12. The Bertz CT molecular complexity index is 618. The number of pyridine rings is 1. The Morgan fingerprint density at radius 3 is 2.88 bits per heavy atom. The van der Waals surface area contributed by atoms with Crippen molar-refractivity contribution in [1.29, 1.82) is 0 Å². The van der Waals surface area contributed by atoms with Crippen LogP contribution < -0.4 is 10.3 Å². The molecule has 0 bridgehead atoms. The van der Waals surface area contributed by atoms with Crippen molar-refractivity contribution in [2.24, 2.45) is 0 Å². The largest absolute Gasteiger partial charge is 0.482 e. The second kappa shape index (κ2) is 3.65. The Kier molecular flexibility index (Phi) is 2.32. The Morgan fingerprint density at radius 2 is 2.25 bits per heavy atom. The normalized spacial score (nSPS) is 10.3. The summed E-state index contributed by atoms with van der Waals surface area (Å²) in [7, 11) is 1.40. The summed E-state index contributed by atoms with van der Waals surface area (Å²) in [5, 5.41) is 8.79. The first-order chi connectivity index (χ1) is 7.65. The molecule has 0 fully saturated rings. The summed E-state index contributed by atoms with van der Waals surface area (Å²) in [4.78, 5) is 26.5. The van der Waals surface area contributed by atoms with Crippen molar-refractivity contribution in [2.45, 2.75) is 0 Å². The second-order valence-corrected chi connectivity index (χ2v) is 3.04. The smallest absolute Gasteiger partial charge is 0.342 e. The Morgan fingerprint density at radius 1 is 1.50 bits per heavy atom. The van der Waals surface area contributed by atoms with E-state index in [1.807, 2.05) is 0 Å². The van der Waals surface area contributed by atoms with Gasteiger partial charge in [0.1, 0.15) is 11.2 Å². The number of carboxylic acids is 1. The molecule has 0 aromatic carbocycles. The molecule has 0 saturated carbocycles. The van der Waals surface area contributed by atoms with Crippen LogP contribution in [0, 0.1) is 0 Å². The van der Waals surface area contributed by atoms with Gasteiger partial charge in [-0.15, -0.1) is 0 Å². The van der Waals surface area contributed by atoms with Crippen molar-refractivity contribution in [2.75, 3.05) is 7.11 Å². The van der Waals surface area contributed by atoms with Gasteiger partial charge in [0, 0.05) is 6.20 Å². The number of methoxy groups -OCH3 is 1. The molecule has 0 saturated heterocycles. The average molecular weight is 220 g/mol. The molecular weight excluding hydrogens is 212 g/mol. The molecule has 0 aliphatic carbocycles. The Balaban J connectivity index is 2.92. The topological polar surface area (TPSA) is 80.9 Å². The number of carboxylic acid groups (broad SMARTS) is 1. The van der Waals surface area contributed by atoms with Gasteiger partial charge in [0.2, 0.25) is 5.88 Å². The van der Waals surface area contributed by atoms with Gasteiger partial charge in [-0.1, -0.05) is 6.07 Å². The van der Waals surface area contributed by atoms with E-state index < -0.39 is 11.5 Å². The number of rotatable bonds is 2. The Hall–Kier alpha value is -2.37. The second-order valence-electron chi connectivity index (χ2n) is 3.04. The third kappa shape index (κ3) is 1.40. The molecule has 0 unspecified atom stereocenters. The molecule has 0 radical (unpaired) electrons. The predicted octanol–water partition coefficient (Wildman–Crippen LogP) is 0.401. The standard InChI is InChI=1S/C10H8N2O4/c1-16-8-4-2-3-7-11-5-6(10(14)15)9(13)12(7)8/h2-5H,1H3,(H,14,15). The van der Waals surface area contributed by atoms with Crippen LogP contribution in [0.5, 0.6) is 5.88 Å². The van der Waals surface area contributed by atoms with E-state index in [0.717, 1.165) is 10.6 Å². The number of aromatic carboxylic acids is 1. The third-order valence-corrected chi connectivity index (χ3v) is 2.13. The van der Waals surface area contributed by atoms with E-state index in [1.54, 1.807) is 18.2 Å². The van der Waals surface area contributed by atoms with E-state index in [-0.39, 0.29) is 11.4 Å². The first-order valence-electron chi connectivity index (χ1n) is 4.43. The highest BCUT2D eigenvalue weighted by Crippen LogP contribution is 2.10. The van der Waals surface area contributed by atoms with Crippen LogP contribution in [0.2, 0.25) is 0 Å². The molecule has 6 heteroatoms. The summed E-state index contributed by atoms with van der Waals surface area (Å²) >= 11 is 0. The number of aromatic nitrogens is 2. The summed E-state index contributed by atoms with van der Waals surface area (Å²) in [5.41, 5.74) is -0.702. The molecule has 2 rings (SSSR count). The van der Waals surface area contributed by atoms with Gasteiger partial charge < -0.3 is 9.84 Å². The maximum absolute atomic E-state index is 11.8. The zero-order chi connectivity index (χ0) is 11.7. The lowest BCUT2D eigenvalue weighted by atomic mass is 10.3. The van der Waals surface area contributed by atoms with Crippen LogP contribution in [0.15, 0.2) is 29.2 Å². The molecule has 2 aromatic heterocycles. The minimum atomic E-state index is -1.31. The Labute approximate surface area is 89.7 Å². The van der Waals surface area contributed by atoms with E-state index >= 15 is 0 Å². The van der Waals surface area contributed by atoms with Gasteiger partial charge in [0.15, 0.2) is 0 Å². The van der Waals surface area contributed by atoms with Crippen LogP contribution in [0.3, 0.4) is 0 Å². The molecular formula is C10H8N2O4. The van der Waals surface area contributed by atoms with Crippen LogP contribution in [0.1, 0.15) is 10.4 Å². The van der Waals surface area contributed by atoms with Gasteiger partial charge in [-0.3, -0.25) is 4.79 Å². The summed E-state index contributed by atoms with van der Waals surface area (Å²) in [6.45, 7) is 0. The van der Waals surface area contributed by atoms with Gasteiger partial charge in [0.05, 0.1) is 7.11 Å². The highest BCUT2D eigenvalue weighted by Gasteiger charge is 2.13. The zero-order valence-electron chi connectivity index (χ0n) is 8.38. The average Bonchev–Trinajstić information content (AvgIpc) is 2.28. The fourth-order valence-electron chi connectivity index (χ4n) is 1.40. The maximum atomic E-state index is 11.8. The third-order valence-electron chi connectivity index (χ3n) is 2.13. The molecule has 6 nitrogen and oxygen atoms in total. The van der Waals surface area contributed by atoms with Crippen LogP contribution in [0.4, 0.5) is 0 Å². The van der Waals surface area contributed by atoms with Gasteiger partial charge in [-0.2, -0.15) is 0 Å². The van der Waals surface area contributed by atoms with Gasteiger partial charge >= 0.3 is 5.97 Å². The number of carbonyl (C=O) groups is 1. The van der Waals surface area contributed by atoms with Crippen molar-refractivity contribution in [3.05, 3.63) is 40.3 Å². The minimum absolute atomic E-state index is 0.248. The molecule has 16 heavy (non-hydrogen) atoms.